The highest BCUT2D eigenvalue weighted by Gasteiger charge is 2.39. The van der Waals surface area contributed by atoms with Gasteiger partial charge in [-0.3, -0.25) is 24.1 Å². The van der Waals surface area contributed by atoms with Crippen molar-refractivity contribution in [2.45, 2.75) is 77.5 Å². The largest absolute Gasteiger partial charge is 0.481 e. The Kier molecular flexibility index (Phi) is 9.53. The molecule has 1 aromatic rings. The Morgan fingerprint density at radius 2 is 1.86 bits per heavy atom. The fourth-order valence-corrected chi connectivity index (χ4v) is 4.03. The van der Waals surface area contributed by atoms with Gasteiger partial charge in [0.2, 0.25) is 17.7 Å². The highest BCUT2D eigenvalue weighted by molar-refractivity contribution is 6.05. The third kappa shape index (κ3) is 7.61. The van der Waals surface area contributed by atoms with Crippen molar-refractivity contribution < 1.29 is 29.1 Å². The molecule has 10 heteroatoms. The summed E-state index contributed by atoms with van der Waals surface area (Å²) >= 11 is 0. The zero-order chi connectivity index (χ0) is 26.3. The second-order valence-electron chi connectivity index (χ2n) is 9.94. The van der Waals surface area contributed by atoms with E-state index in [1.54, 1.807) is 24.3 Å². The van der Waals surface area contributed by atoms with Crippen LogP contribution in [0.1, 0.15) is 53.0 Å². The molecule has 0 bridgehead atoms. The molecule has 3 amide bonds. The minimum Gasteiger partial charge on any atom is -0.481 e. The van der Waals surface area contributed by atoms with Gasteiger partial charge in [-0.15, -0.1) is 0 Å². The van der Waals surface area contributed by atoms with Crippen LogP contribution < -0.4 is 20.9 Å². The monoisotopic (exact) mass is 488 g/mol. The molecule has 2 rings (SSSR count). The van der Waals surface area contributed by atoms with Gasteiger partial charge in [0.15, 0.2) is 0 Å². The number of carboxylic acid groups (broad SMARTS) is 1. The van der Waals surface area contributed by atoms with E-state index in [0.29, 0.717) is 12.0 Å². The summed E-state index contributed by atoms with van der Waals surface area (Å²) in [4.78, 5) is 62.7. The molecule has 192 valence electrons. The Morgan fingerprint density at radius 3 is 2.43 bits per heavy atom. The highest BCUT2D eigenvalue weighted by atomic mass is 16.4. The first-order valence-electron chi connectivity index (χ1n) is 11.8. The molecule has 10 nitrogen and oxygen atoms in total. The van der Waals surface area contributed by atoms with E-state index >= 15 is 0 Å². The number of carbonyl (C=O) groups excluding carboxylic acids is 4. The van der Waals surface area contributed by atoms with Gasteiger partial charge in [0.25, 0.3) is 0 Å². The molecule has 4 atom stereocenters. The summed E-state index contributed by atoms with van der Waals surface area (Å²) in [5.41, 5.74) is 0.997. The number of carbonyl (C=O) groups is 5. The lowest BCUT2D eigenvalue weighted by Gasteiger charge is -2.31. The van der Waals surface area contributed by atoms with Gasteiger partial charge in [-0.25, -0.2) is 0 Å². The lowest BCUT2D eigenvalue weighted by Crippen LogP contribution is -2.57. The van der Waals surface area contributed by atoms with E-state index in [4.69, 9.17) is 5.11 Å². The molecule has 0 radical (unpaired) electrons. The molecule has 0 fully saturated rings. The lowest BCUT2D eigenvalue weighted by atomic mass is 9.95. The standard InChI is InChI=1S/C25H36N4O6/c1-6-15(2)22(28-25(3,4)5)24(35)26-13-20(31)29-18-10-8-7-9-16(18)11-19(29)23(34)27-17(14-30)12-21(32)33/h7-10,14-15,17,19,22,28H,6,11-13H2,1-5H3,(H,26,35)(H,27,34)(H,32,33)/t15-,17-,19-,22-/m0/s1. The molecule has 1 heterocycles. The number of hydrogen-bond donors (Lipinski definition) is 4. The Morgan fingerprint density at radius 1 is 1.20 bits per heavy atom. The number of hydrogen-bond acceptors (Lipinski definition) is 6. The predicted octanol–water partition coefficient (Wildman–Crippen LogP) is 1.02. The van der Waals surface area contributed by atoms with Gasteiger partial charge in [-0.05, 0) is 38.3 Å². The van der Waals surface area contributed by atoms with Crippen LogP contribution in [0.3, 0.4) is 0 Å². The van der Waals surface area contributed by atoms with Crippen molar-refractivity contribution in [1.29, 1.82) is 0 Å². The summed E-state index contributed by atoms with van der Waals surface area (Å²) in [7, 11) is 0. The summed E-state index contributed by atoms with van der Waals surface area (Å²) in [6.45, 7) is 9.51. The van der Waals surface area contributed by atoms with Gasteiger partial charge in [0, 0.05) is 17.6 Å². The number of amides is 3. The summed E-state index contributed by atoms with van der Waals surface area (Å²) in [5.74, 6) is -2.62. The zero-order valence-electron chi connectivity index (χ0n) is 21.0. The second-order valence-corrected chi connectivity index (χ2v) is 9.94. The maximum absolute atomic E-state index is 13.3. The quantitative estimate of drug-likeness (QED) is 0.340. The lowest BCUT2D eigenvalue weighted by molar-refractivity contribution is -0.139. The second kappa shape index (κ2) is 11.9. The number of carboxylic acids is 1. The molecule has 1 aromatic carbocycles. The van der Waals surface area contributed by atoms with E-state index in [-0.39, 0.29) is 30.3 Å². The van der Waals surface area contributed by atoms with Crippen LogP contribution in [-0.4, -0.2) is 65.3 Å². The molecule has 0 spiro atoms. The third-order valence-electron chi connectivity index (χ3n) is 5.93. The fraction of sp³-hybridized carbons (Fsp3) is 0.560. The predicted molar refractivity (Wildman–Crippen MR) is 131 cm³/mol. The van der Waals surface area contributed by atoms with Crippen LogP contribution in [0.15, 0.2) is 24.3 Å². The maximum atomic E-state index is 13.3. The number of anilines is 1. The van der Waals surface area contributed by atoms with Crippen LogP contribution in [-0.2, 0) is 30.4 Å². The number of benzene rings is 1. The third-order valence-corrected chi connectivity index (χ3v) is 5.93. The number of nitrogens with one attached hydrogen (secondary N) is 3. The average Bonchev–Trinajstić information content (AvgIpc) is 3.18. The van der Waals surface area contributed by atoms with Crippen LogP contribution in [0.25, 0.3) is 0 Å². The van der Waals surface area contributed by atoms with E-state index in [1.807, 2.05) is 34.6 Å². The average molecular weight is 489 g/mol. The first-order chi connectivity index (χ1) is 16.4. The zero-order valence-corrected chi connectivity index (χ0v) is 21.0. The summed E-state index contributed by atoms with van der Waals surface area (Å²) in [6, 6.07) is 4.36. The van der Waals surface area contributed by atoms with Crippen molar-refractivity contribution in [3.8, 4) is 0 Å². The number of para-hydroxylation sites is 1. The van der Waals surface area contributed by atoms with Crippen LogP contribution in [0.5, 0.6) is 0 Å². The summed E-state index contributed by atoms with van der Waals surface area (Å²) in [6.07, 6.45) is 0.779. The topological polar surface area (TPSA) is 145 Å². The Hall–Kier alpha value is -3.27. The molecule has 4 N–H and O–H groups in total. The van der Waals surface area contributed by atoms with Gasteiger partial charge < -0.3 is 25.9 Å². The molecule has 0 aliphatic carbocycles. The van der Waals surface area contributed by atoms with Gasteiger partial charge in [-0.1, -0.05) is 38.5 Å². The van der Waals surface area contributed by atoms with E-state index < -0.39 is 42.3 Å². The first-order valence-corrected chi connectivity index (χ1v) is 11.8. The van der Waals surface area contributed by atoms with Crippen molar-refractivity contribution in [2.24, 2.45) is 5.92 Å². The Bertz CT molecular complexity index is 958. The van der Waals surface area contributed by atoms with Gasteiger partial charge in [0.05, 0.1) is 25.0 Å². The van der Waals surface area contributed by atoms with Crippen molar-refractivity contribution in [3.05, 3.63) is 29.8 Å². The highest BCUT2D eigenvalue weighted by Crippen LogP contribution is 2.32. The minimum atomic E-state index is -1.23. The molecule has 1 aliphatic rings. The van der Waals surface area contributed by atoms with Crippen LogP contribution in [0.2, 0.25) is 0 Å². The Labute approximate surface area is 205 Å². The van der Waals surface area contributed by atoms with Gasteiger partial charge in [0.1, 0.15) is 12.3 Å². The van der Waals surface area contributed by atoms with E-state index in [0.717, 1.165) is 12.0 Å². The number of nitrogens with zero attached hydrogens (tertiary/aromatic N) is 1. The van der Waals surface area contributed by atoms with Crippen LogP contribution in [0, 0.1) is 5.92 Å². The first kappa shape index (κ1) is 28.0. The number of aldehydes is 1. The minimum absolute atomic E-state index is 0.0323. The molecule has 0 unspecified atom stereocenters. The molecular weight excluding hydrogens is 452 g/mol. The van der Waals surface area contributed by atoms with Crippen LogP contribution >= 0.6 is 0 Å². The van der Waals surface area contributed by atoms with E-state index in [9.17, 15) is 24.0 Å². The maximum Gasteiger partial charge on any atom is 0.305 e. The van der Waals surface area contributed by atoms with Crippen molar-refractivity contribution in [3.63, 3.8) is 0 Å². The SMILES string of the molecule is CC[C@H](C)[C@H](NC(C)(C)C)C(=O)NCC(=O)N1c2ccccc2C[C@H]1C(=O)N[C@H](C=O)CC(=O)O. The molecule has 0 saturated carbocycles. The molecule has 0 aromatic heterocycles. The fourth-order valence-electron chi connectivity index (χ4n) is 4.03. The van der Waals surface area contributed by atoms with Gasteiger partial charge >= 0.3 is 5.97 Å². The normalized spacial score (nSPS) is 17.6. The number of aliphatic carboxylic acids is 1. The molecule has 35 heavy (non-hydrogen) atoms. The van der Waals surface area contributed by atoms with Crippen LogP contribution in [0.4, 0.5) is 5.69 Å². The smallest absolute Gasteiger partial charge is 0.305 e. The van der Waals surface area contributed by atoms with Crippen molar-refractivity contribution in [2.75, 3.05) is 11.4 Å². The summed E-state index contributed by atoms with van der Waals surface area (Å²) in [5, 5.41) is 17.4. The summed E-state index contributed by atoms with van der Waals surface area (Å²) < 4.78 is 0. The molecular formula is C25H36N4O6. The van der Waals surface area contributed by atoms with E-state index in [2.05, 4.69) is 16.0 Å². The van der Waals surface area contributed by atoms with Gasteiger partial charge in [-0.2, -0.15) is 0 Å². The number of rotatable bonds is 11. The van der Waals surface area contributed by atoms with E-state index in [1.165, 1.54) is 4.90 Å². The Balaban J connectivity index is 2.18. The van der Waals surface area contributed by atoms with Crippen molar-refractivity contribution >= 4 is 35.7 Å². The molecule has 0 saturated heterocycles. The number of fused-ring (bicyclic) bond motifs is 1. The van der Waals surface area contributed by atoms with Crippen molar-refractivity contribution in [1.82, 2.24) is 16.0 Å². The molecule has 1 aliphatic heterocycles.